The van der Waals surface area contributed by atoms with Gasteiger partial charge < -0.3 is 15.0 Å². The van der Waals surface area contributed by atoms with E-state index in [-0.39, 0.29) is 28.6 Å². The lowest BCUT2D eigenvalue weighted by molar-refractivity contribution is 0.0233. The fourth-order valence-corrected chi connectivity index (χ4v) is 5.96. The average molecular weight is 593 g/mol. The SMILES string of the molecule is Cn1c2c(c(-c3cccc(NS(=O)(=O)c4cccc(F)c4)c3)c1-c1ccnc(N)n1)C(=O)N(C(=O)OC(C)(C)C)CC2. The number of hydrogen-bond donors (Lipinski definition) is 2. The Morgan fingerprint density at radius 2 is 1.83 bits per heavy atom. The lowest BCUT2D eigenvalue weighted by atomic mass is 9.95. The Kier molecular flexibility index (Phi) is 7.23. The molecular formula is C29H29FN6O5S. The second kappa shape index (κ2) is 10.6. The number of imide groups is 1. The number of hydrogen-bond acceptors (Lipinski definition) is 8. The van der Waals surface area contributed by atoms with Crippen molar-refractivity contribution in [1.82, 2.24) is 19.4 Å². The van der Waals surface area contributed by atoms with E-state index in [1.54, 1.807) is 52.1 Å². The minimum atomic E-state index is -4.13. The molecule has 0 radical (unpaired) electrons. The third-order valence-corrected chi connectivity index (χ3v) is 7.97. The van der Waals surface area contributed by atoms with Gasteiger partial charge >= 0.3 is 6.09 Å². The molecule has 3 heterocycles. The van der Waals surface area contributed by atoms with Gasteiger partial charge in [0.2, 0.25) is 5.95 Å². The maximum absolute atomic E-state index is 13.9. The number of anilines is 2. The summed E-state index contributed by atoms with van der Waals surface area (Å²) in [6, 6.07) is 12.7. The number of halogens is 1. The van der Waals surface area contributed by atoms with Crippen LogP contribution in [0.2, 0.25) is 0 Å². The summed E-state index contributed by atoms with van der Waals surface area (Å²) in [7, 11) is -2.35. The van der Waals surface area contributed by atoms with Gasteiger partial charge in [0.05, 0.1) is 21.8 Å². The van der Waals surface area contributed by atoms with Crippen LogP contribution in [0.3, 0.4) is 0 Å². The molecule has 0 spiro atoms. The maximum Gasteiger partial charge on any atom is 0.417 e. The van der Waals surface area contributed by atoms with Crippen LogP contribution in [-0.2, 0) is 28.2 Å². The van der Waals surface area contributed by atoms with Crippen molar-refractivity contribution in [3.05, 3.63) is 77.9 Å². The lowest BCUT2D eigenvalue weighted by Crippen LogP contribution is -2.44. The lowest BCUT2D eigenvalue weighted by Gasteiger charge is -2.29. The predicted molar refractivity (Wildman–Crippen MR) is 154 cm³/mol. The Morgan fingerprint density at radius 1 is 1.10 bits per heavy atom. The number of benzene rings is 2. The van der Waals surface area contributed by atoms with E-state index in [0.717, 1.165) is 17.0 Å². The van der Waals surface area contributed by atoms with Crippen LogP contribution in [0.25, 0.3) is 22.5 Å². The summed E-state index contributed by atoms with van der Waals surface area (Å²) in [6.45, 7) is 5.25. The Labute approximate surface area is 242 Å². The molecule has 1 aliphatic heterocycles. The van der Waals surface area contributed by atoms with Gasteiger partial charge in [-0.3, -0.25) is 9.52 Å². The molecule has 2 aromatic heterocycles. The summed E-state index contributed by atoms with van der Waals surface area (Å²) >= 11 is 0. The van der Waals surface area contributed by atoms with Crippen LogP contribution in [0.5, 0.6) is 0 Å². The number of nitrogens with two attached hydrogens (primary N) is 1. The minimum Gasteiger partial charge on any atom is -0.443 e. The molecule has 0 saturated carbocycles. The first kappa shape index (κ1) is 28.7. The van der Waals surface area contributed by atoms with Crippen molar-refractivity contribution in [2.75, 3.05) is 17.0 Å². The quantitative estimate of drug-likeness (QED) is 0.341. The third-order valence-electron chi connectivity index (χ3n) is 6.59. The van der Waals surface area contributed by atoms with Crippen LogP contribution < -0.4 is 10.5 Å². The third kappa shape index (κ3) is 5.55. The van der Waals surface area contributed by atoms with Gasteiger partial charge in [-0.15, -0.1) is 0 Å². The molecule has 0 atom stereocenters. The second-order valence-electron chi connectivity index (χ2n) is 10.7. The van der Waals surface area contributed by atoms with Gasteiger partial charge in [0, 0.05) is 43.2 Å². The summed E-state index contributed by atoms with van der Waals surface area (Å²) in [4.78, 5) is 36.1. The molecule has 0 unspecified atom stereocenters. The second-order valence-corrected chi connectivity index (χ2v) is 12.4. The van der Waals surface area contributed by atoms with E-state index in [9.17, 15) is 22.4 Å². The van der Waals surface area contributed by atoms with Crippen LogP contribution in [-0.4, -0.2) is 52.0 Å². The molecular weight excluding hydrogens is 563 g/mol. The van der Waals surface area contributed by atoms with Crippen molar-refractivity contribution < 1.29 is 27.1 Å². The Morgan fingerprint density at radius 3 is 2.52 bits per heavy atom. The van der Waals surface area contributed by atoms with Crippen molar-refractivity contribution in [2.45, 2.75) is 37.7 Å². The normalized spacial score (nSPS) is 13.5. The maximum atomic E-state index is 13.9. The molecule has 11 nitrogen and oxygen atoms in total. The van der Waals surface area contributed by atoms with Gasteiger partial charge in [0.1, 0.15) is 11.4 Å². The van der Waals surface area contributed by atoms with E-state index in [1.165, 1.54) is 24.4 Å². The van der Waals surface area contributed by atoms with Crippen LogP contribution in [0.1, 0.15) is 36.8 Å². The number of rotatable bonds is 5. The van der Waals surface area contributed by atoms with Gasteiger partial charge in [0.15, 0.2) is 0 Å². The van der Waals surface area contributed by atoms with Crippen LogP contribution >= 0.6 is 0 Å². The molecule has 0 aliphatic carbocycles. The first-order chi connectivity index (χ1) is 19.7. The van der Waals surface area contributed by atoms with Crippen molar-refractivity contribution in [3.63, 3.8) is 0 Å². The number of aromatic nitrogens is 3. The van der Waals surface area contributed by atoms with Crippen LogP contribution in [0, 0.1) is 5.82 Å². The Hall–Kier alpha value is -4.78. The topological polar surface area (TPSA) is 150 Å². The summed E-state index contributed by atoms with van der Waals surface area (Å²) < 4.78 is 49.6. The van der Waals surface area contributed by atoms with E-state index >= 15 is 0 Å². The summed E-state index contributed by atoms with van der Waals surface area (Å²) in [6.07, 6.45) is 1.07. The predicted octanol–water partition coefficient (Wildman–Crippen LogP) is 4.60. The van der Waals surface area contributed by atoms with Crippen molar-refractivity contribution in [1.29, 1.82) is 0 Å². The number of nitrogens with one attached hydrogen (secondary N) is 1. The molecule has 2 amide bonds. The summed E-state index contributed by atoms with van der Waals surface area (Å²) in [5.74, 6) is -1.23. The van der Waals surface area contributed by atoms with E-state index < -0.39 is 33.4 Å². The van der Waals surface area contributed by atoms with Gasteiger partial charge in [-0.1, -0.05) is 18.2 Å². The number of amides is 2. The Balaban J connectivity index is 1.66. The molecule has 0 fully saturated rings. The van der Waals surface area contributed by atoms with E-state index in [4.69, 9.17) is 10.5 Å². The molecule has 13 heteroatoms. The highest BCUT2D eigenvalue weighted by Gasteiger charge is 2.38. The standard InChI is InChI=1S/C29H29FN6O5S/c1-29(2,3)41-28(38)36-14-12-22-24(26(36)37)23(25(35(22)4)21-11-13-32-27(31)33-21)17-7-5-9-19(15-17)34-42(39,40)20-10-6-8-18(30)16-20/h5-11,13,15-16,34H,12,14H2,1-4H3,(H2,31,32,33). The largest absolute Gasteiger partial charge is 0.443 e. The number of fused-ring (bicyclic) bond motifs is 1. The molecule has 218 valence electrons. The number of carbonyl (C=O) groups is 2. The zero-order chi connectivity index (χ0) is 30.4. The highest BCUT2D eigenvalue weighted by molar-refractivity contribution is 7.92. The number of ether oxygens (including phenoxy) is 1. The molecule has 5 rings (SSSR count). The minimum absolute atomic E-state index is 0.0240. The van der Waals surface area contributed by atoms with Crippen LogP contribution in [0.15, 0.2) is 65.7 Å². The zero-order valence-corrected chi connectivity index (χ0v) is 24.2. The molecule has 4 aromatic rings. The highest BCUT2D eigenvalue weighted by atomic mass is 32.2. The number of nitrogen functional groups attached to an aromatic ring is 1. The molecule has 2 aromatic carbocycles. The van der Waals surface area contributed by atoms with Crippen LogP contribution in [0.4, 0.5) is 20.8 Å². The summed E-state index contributed by atoms with van der Waals surface area (Å²) in [5.41, 5.74) is 8.02. The number of sulfonamides is 1. The smallest absolute Gasteiger partial charge is 0.417 e. The molecule has 0 bridgehead atoms. The van der Waals surface area contributed by atoms with Crippen molar-refractivity contribution in [3.8, 4) is 22.5 Å². The van der Waals surface area contributed by atoms with E-state index in [0.29, 0.717) is 34.6 Å². The highest BCUT2D eigenvalue weighted by Crippen LogP contribution is 2.41. The van der Waals surface area contributed by atoms with E-state index in [2.05, 4.69) is 14.7 Å². The fraction of sp³-hybridized carbons (Fsp3) is 0.241. The average Bonchev–Trinajstić information content (AvgIpc) is 3.21. The molecule has 1 aliphatic rings. The molecule has 42 heavy (non-hydrogen) atoms. The van der Waals surface area contributed by atoms with Gasteiger partial charge in [-0.25, -0.2) is 32.5 Å². The van der Waals surface area contributed by atoms with Gasteiger partial charge in [0.25, 0.3) is 15.9 Å². The van der Waals surface area contributed by atoms with Gasteiger partial charge in [-0.05, 0) is 62.7 Å². The number of carbonyl (C=O) groups excluding carboxylic acids is 2. The Bertz CT molecular complexity index is 1830. The first-order valence-corrected chi connectivity index (χ1v) is 14.5. The zero-order valence-electron chi connectivity index (χ0n) is 23.4. The van der Waals surface area contributed by atoms with Crippen molar-refractivity contribution in [2.24, 2.45) is 7.05 Å². The monoisotopic (exact) mass is 592 g/mol. The van der Waals surface area contributed by atoms with E-state index in [1.807, 2.05) is 4.57 Å². The fourth-order valence-electron chi connectivity index (χ4n) is 4.87. The summed E-state index contributed by atoms with van der Waals surface area (Å²) in [5, 5.41) is 0. The van der Waals surface area contributed by atoms with Gasteiger partial charge in [-0.2, -0.15) is 0 Å². The first-order valence-electron chi connectivity index (χ1n) is 13.0. The number of nitrogens with zero attached hydrogens (tertiary/aromatic N) is 4. The molecule has 0 saturated heterocycles. The van der Waals surface area contributed by atoms with Crippen molar-refractivity contribution >= 4 is 33.7 Å². The molecule has 3 N–H and O–H groups in total.